The summed E-state index contributed by atoms with van der Waals surface area (Å²) in [6.07, 6.45) is 5.21. The fourth-order valence-electron chi connectivity index (χ4n) is 3.99. The van der Waals surface area contributed by atoms with E-state index in [2.05, 4.69) is 30.1 Å². The third-order valence-electron chi connectivity index (χ3n) is 5.38. The number of rotatable bonds is 3. The average Bonchev–Trinajstić information content (AvgIpc) is 2.91. The van der Waals surface area contributed by atoms with Gasteiger partial charge in [0.05, 0.1) is 0 Å². The Labute approximate surface area is 127 Å². The van der Waals surface area contributed by atoms with E-state index in [-0.39, 0.29) is 5.82 Å². The molecular formula is C18H27FN2. The molecule has 2 nitrogen and oxygen atoms in total. The van der Waals surface area contributed by atoms with Crippen LogP contribution in [-0.2, 0) is 6.54 Å². The number of hydrogen-bond acceptors (Lipinski definition) is 2. The van der Waals surface area contributed by atoms with E-state index < -0.39 is 0 Å². The molecular weight excluding hydrogens is 263 g/mol. The molecule has 1 spiro atoms. The van der Waals surface area contributed by atoms with E-state index >= 15 is 0 Å². The van der Waals surface area contributed by atoms with Crippen molar-refractivity contribution < 1.29 is 4.39 Å². The van der Waals surface area contributed by atoms with Gasteiger partial charge in [-0.15, -0.1) is 0 Å². The summed E-state index contributed by atoms with van der Waals surface area (Å²) < 4.78 is 13.5. The van der Waals surface area contributed by atoms with E-state index in [1.54, 1.807) is 6.07 Å². The van der Waals surface area contributed by atoms with Crippen molar-refractivity contribution in [2.24, 2.45) is 5.92 Å². The first-order valence-electron chi connectivity index (χ1n) is 8.32. The number of halogens is 1. The third-order valence-corrected chi connectivity index (χ3v) is 5.38. The summed E-state index contributed by atoms with van der Waals surface area (Å²) in [7, 11) is 0. The average molecular weight is 290 g/mol. The van der Waals surface area contributed by atoms with Crippen molar-refractivity contribution in [1.29, 1.82) is 0 Å². The van der Waals surface area contributed by atoms with Gasteiger partial charge in [0, 0.05) is 31.2 Å². The molecule has 3 heteroatoms. The topological polar surface area (TPSA) is 15.3 Å². The van der Waals surface area contributed by atoms with Gasteiger partial charge in [0.1, 0.15) is 5.82 Å². The van der Waals surface area contributed by atoms with Crippen LogP contribution < -0.4 is 5.32 Å². The zero-order valence-corrected chi connectivity index (χ0v) is 13.2. The molecule has 1 unspecified atom stereocenters. The van der Waals surface area contributed by atoms with Crippen molar-refractivity contribution in [3.8, 4) is 0 Å². The summed E-state index contributed by atoms with van der Waals surface area (Å²) in [5.74, 6) is 0.516. The number of nitrogens with one attached hydrogen (secondary N) is 1. The van der Waals surface area contributed by atoms with Crippen LogP contribution in [0.3, 0.4) is 0 Å². The van der Waals surface area contributed by atoms with Gasteiger partial charge in [-0.25, -0.2) is 4.39 Å². The second kappa shape index (κ2) is 6.05. The van der Waals surface area contributed by atoms with E-state index in [1.807, 2.05) is 6.07 Å². The zero-order chi connectivity index (χ0) is 14.9. The Morgan fingerprint density at radius 3 is 2.76 bits per heavy atom. The minimum absolute atomic E-state index is 0.122. The largest absolute Gasteiger partial charge is 0.311 e. The Kier molecular flexibility index (Phi) is 4.32. The van der Waals surface area contributed by atoms with Crippen LogP contribution in [0.1, 0.15) is 45.1 Å². The fraction of sp³-hybridized carbons (Fsp3) is 0.667. The van der Waals surface area contributed by atoms with Crippen molar-refractivity contribution in [2.75, 3.05) is 13.1 Å². The highest BCUT2D eigenvalue weighted by atomic mass is 19.1. The molecule has 0 aromatic heterocycles. The lowest BCUT2D eigenvalue weighted by Gasteiger charge is -2.49. The molecule has 1 aliphatic heterocycles. The molecule has 1 aromatic rings. The third kappa shape index (κ3) is 3.14. The molecule has 3 rings (SSSR count). The van der Waals surface area contributed by atoms with Gasteiger partial charge in [0.2, 0.25) is 0 Å². The maximum Gasteiger partial charge on any atom is 0.123 e. The maximum atomic E-state index is 13.5. The zero-order valence-electron chi connectivity index (χ0n) is 13.2. The van der Waals surface area contributed by atoms with Gasteiger partial charge in [-0.1, -0.05) is 38.8 Å². The molecule has 1 saturated heterocycles. The maximum absolute atomic E-state index is 13.5. The lowest BCUT2D eigenvalue weighted by atomic mass is 9.88. The number of hydrogen-bond donors (Lipinski definition) is 1. The van der Waals surface area contributed by atoms with E-state index in [4.69, 9.17) is 0 Å². The second-order valence-corrected chi connectivity index (χ2v) is 7.17. The highest BCUT2D eigenvalue weighted by molar-refractivity contribution is 5.17. The summed E-state index contributed by atoms with van der Waals surface area (Å²) in [5.41, 5.74) is 1.41. The SMILES string of the molecule is CC(C)C1CN(Cc2cccc(F)c2)C2(CCCC2)CN1. The van der Waals surface area contributed by atoms with Gasteiger partial charge >= 0.3 is 0 Å². The first-order valence-corrected chi connectivity index (χ1v) is 8.32. The Bertz CT molecular complexity index is 480. The first kappa shape index (κ1) is 15.0. The number of benzene rings is 1. The monoisotopic (exact) mass is 290 g/mol. The van der Waals surface area contributed by atoms with Gasteiger partial charge in [0.25, 0.3) is 0 Å². The molecule has 1 atom stereocenters. The van der Waals surface area contributed by atoms with E-state index in [1.165, 1.54) is 31.7 Å². The van der Waals surface area contributed by atoms with Crippen LogP contribution in [0.15, 0.2) is 24.3 Å². The molecule has 0 amide bonds. The van der Waals surface area contributed by atoms with Crippen molar-refractivity contribution in [3.63, 3.8) is 0 Å². The lowest BCUT2D eigenvalue weighted by molar-refractivity contribution is 0.0260. The smallest absolute Gasteiger partial charge is 0.123 e. The van der Waals surface area contributed by atoms with Gasteiger partial charge in [0.15, 0.2) is 0 Å². The van der Waals surface area contributed by atoms with Crippen LogP contribution in [0.5, 0.6) is 0 Å². The Hall–Kier alpha value is -0.930. The molecule has 1 heterocycles. The van der Waals surface area contributed by atoms with Crippen molar-refractivity contribution >= 4 is 0 Å². The number of piperazine rings is 1. The summed E-state index contributed by atoms with van der Waals surface area (Å²) in [6, 6.07) is 7.65. The van der Waals surface area contributed by atoms with Crippen LogP contribution in [0, 0.1) is 11.7 Å². The summed E-state index contributed by atoms with van der Waals surface area (Å²) in [5, 5.41) is 3.76. The van der Waals surface area contributed by atoms with Crippen LogP contribution in [0.4, 0.5) is 4.39 Å². The lowest BCUT2D eigenvalue weighted by Crippen LogP contribution is -2.64. The van der Waals surface area contributed by atoms with Gasteiger partial charge < -0.3 is 5.32 Å². The van der Waals surface area contributed by atoms with Crippen molar-refractivity contribution in [2.45, 2.75) is 57.7 Å². The van der Waals surface area contributed by atoms with E-state index in [0.717, 1.165) is 25.2 Å². The highest BCUT2D eigenvalue weighted by Gasteiger charge is 2.43. The first-order chi connectivity index (χ1) is 10.1. The molecule has 0 bridgehead atoms. The predicted molar refractivity (Wildman–Crippen MR) is 84.6 cm³/mol. The summed E-state index contributed by atoms with van der Waals surface area (Å²) >= 11 is 0. The van der Waals surface area contributed by atoms with E-state index in [9.17, 15) is 4.39 Å². The Morgan fingerprint density at radius 1 is 1.33 bits per heavy atom. The molecule has 1 saturated carbocycles. The predicted octanol–water partition coefficient (Wildman–Crippen LogP) is 3.57. The normalized spacial score (nSPS) is 25.8. The standard InChI is InChI=1S/C18H27FN2/c1-14(2)17-12-21(11-15-6-5-7-16(19)10-15)18(13-20-17)8-3-4-9-18/h5-7,10,14,17,20H,3-4,8-9,11-13H2,1-2H3. The summed E-state index contributed by atoms with van der Waals surface area (Å²) in [6.45, 7) is 7.61. The molecule has 0 radical (unpaired) electrons. The molecule has 1 aliphatic carbocycles. The molecule has 21 heavy (non-hydrogen) atoms. The van der Waals surface area contributed by atoms with Crippen molar-refractivity contribution in [1.82, 2.24) is 10.2 Å². The van der Waals surface area contributed by atoms with Gasteiger partial charge in [-0.2, -0.15) is 0 Å². The van der Waals surface area contributed by atoms with Crippen LogP contribution in [0.2, 0.25) is 0 Å². The van der Waals surface area contributed by atoms with Gasteiger partial charge in [-0.05, 0) is 36.5 Å². The Morgan fingerprint density at radius 2 is 2.10 bits per heavy atom. The molecule has 2 aliphatic rings. The molecule has 1 N–H and O–H groups in total. The van der Waals surface area contributed by atoms with Crippen LogP contribution >= 0.6 is 0 Å². The summed E-state index contributed by atoms with van der Waals surface area (Å²) in [4.78, 5) is 2.63. The van der Waals surface area contributed by atoms with E-state index in [0.29, 0.717) is 17.5 Å². The molecule has 1 aromatic carbocycles. The minimum Gasteiger partial charge on any atom is -0.311 e. The molecule has 2 fully saturated rings. The van der Waals surface area contributed by atoms with Crippen LogP contribution in [0.25, 0.3) is 0 Å². The fourth-order valence-corrected chi connectivity index (χ4v) is 3.99. The van der Waals surface area contributed by atoms with Crippen LogP contribution in [-0.4, -0.2) is 29.6 Å². The van der Waals surface area contributed by atoms with Crippen molar-refractivity contribution in [3.05, 3.63) is 35.6 Å². The second-order valence-electron chi connectivity index (χ2n) is 7.17. The van der Waals surface area contributed by atoms with Gasteiger partial charge in [-0.3, -0.25) is 4.90 Å². The Balaban J connectivity index is 1.79. The highest BCUT2D eigenvalue weighted by Crippen LogP contribution is 2.38. The molecule has 116 valence electrons. The number of nitrogens with zero attached hydrogens (tertiary/aromatic N) is 1. The quantitative estimate of drug-likeness (QED) is 0.915. The minimum atomic E-state index is -0.122.